The highest BCUT2D eigenvalue weighted by Crippen LogP contribution is 2.46. The fourth-order valence-electron chi connectivity index (χ4n) is 2.41. The molecule has 6 nitrogen and oxygen atoms in total. The van der Waals surface area contributed by atoms with Crippen molar-refractivity contribution in [1.29, 1.82) is 0 Å². The smallest absolute Gasteiger partial charge is 0.203 e. The van der Waals surface area contributed by atoms with E-state index < -0.39 is 11.5 Å². The number of fused-ring (bicyclic) bond motifs is 1. The van der Waals surface area contributed by atoms with Gasteiger partial charge in [0, 0.05) is 11.6 Å². The lowest BCUT2D eigenvalue weighted by atomic mass is 9.97. The Labute approximate surface area is 131 Å². The van der Waals surface area contributed by atoms with Gasteiger partial charge in [0.05, 0.1) is 7.11 Å². The van der Waals surface area contributed by atoms with Crippen molar-refractivity contribution in [2.75, 3.05) is 13.7 Å². The number of rotatable bonds is 2. The van der Waals surface area contributed by atoms with Crippen LogP contribution in [-0.2, 0) is 0 Å². The minimum atomic E-state index is -0.455. The molecular weight excluding hydrogens is 300 g/mol. The van der Waals surface area contributed by atoms with E-state index in [0.29, 0.717) is 11.1 Å². The third-order valence-corrected chi connectivity index (χ3v) is 3.54. The zero-order chi connectivity index (χ0) is 16.6. The van der Waals surface area contributed by atoms with Crippen LogP contribution < -0.4 is 9.47 Å². The van der Waals surface area contributed by atoms with E-state index in [4.69, 9.17) is 9.47 Å². The maximum absolute atomic E-state index is 12.6. The molecule has 3 N–H and O–H groups in total. The lowest BCUT2D eigenvalue weighted by Gasteiger charge is -2.21. The van der Waals surface area contributed by atoms with Crippen molar-refractivity contribution in [2.45, 2.75) is 0 Å². The first kappa shape index (κ1) is 14.8. The summed E-state index contributed by atoms with van der Waals surface area (Å²) in [5.74, 6) is -1.11. The number of phenols is 3. The molecule has 0 atom stereocenters. The van der Waals surface area contributed by atoms with Crippen LogP contribution in [0.25, 0.3) is 6.08 Å². The number of carbonyl (C=O) groups excluding carboxylic acids is 1. The molecule has 1 heterocycles. The molecule has 0 saturated heterocycles. The van der Waals surface area contributed by atoms with Crippen molar-refractivity contribution in [3.8, 4) is 28.7 Å². The Kier molecular flexibility index (Phi) is 3.57. The van der Waals surface area contributed by atoms with E-state index in [0.717, 1.165) is 0 Å². The van der Waals surface area contributed by atoms with Crippen LogP contribution in [0.2, 0.25) is 0 Å². The molecule has 1 aliphatic rings. The summed E-state index contributed by atoms with van der Waals surface area (Å²) in [6.07, 6.45) is 1.61. The van der Waals surface area contributed by atoms with Crippen LogP contribution in [0.4, 0.5) is 0 Å². The summed E-state index contributed by atoms with van der Waals surface area (Å²) in [6.45, 7) is 0.0118. The largest absolute Gasteiger partial charge is 0.508 e. The van der Waals surface area contributed by atoms with E-state index in [9.17, 15) is 20.1 Å². The highest BCUT2D eigenvalue weighted by molar-refractivity contribution is 6.16. The van der Waals surface area contributed by atoms with Gasteiger partial charge in [-0.2, -0.15) is 0 Å². The zero-order valence-electron chi connectivity index (χ0n) is 12.2. The van der Waals surface area contributed by atoms with Gasteiger partial charge in [0.25, 0.3) is 0 Å². The van der Waals surface area contributed by atoms with Crippen molar-refractivity contribution < 1.29 is 29.6 Å². The molecule has 3 rings (SSSR count). The summed E-state index contributed by atoms with van der Waals surface area (Å²) in [6, 6.07) is 7.56. The lowest BCUT2D eigenvalue weighted by molar-refractivity contribution is 0.0996. The summed E-state index contributed by atoms with van der Waals surface area (Å²) in [5, 5.41) is 29.2. The summed E-state index contributed by atoms with van der Waals surface area (Å²) in [5.41, 5.74) is 1.01. The maximum Gasteiger partial charge on any atom is 0.203 e. The van der Waals surface area contributed by atoms with Crippen molar-refractivity contribution >= 4 is 11.9 Å². The molecule has 0 saturated carbocycles. The molecule has 0 bridgehead atoms. The molecule has 0 radical (unpaired) electrons. The Morgan fingerprint density at radius 2 is 1.87 bits per heavy atom. The van der Waals surface area contributed by atoms with Gasteiger partial charge in [-0.1, -0.05) is 12.1 Å². The molecule has 23 heavy (non-hydrogen) atoms. The number of hydrogen-bond donors (Lipinski definition) is 3. The fraction of sp³-hybridized carbons (Fsp3) is 0.118. The number of carbonyl (C=O) groups is 1. The number of hydrogen-bond acceptors (Lipinski definition) is 6. The van der Waals surface area contributed by atoms with Gasteiger partial charge in [0.1, 0.15) is 23.7 Å². The van der Waals surface area contributed by atoms with E-state index in [-0.39, 0.29) is 35.2 Å². The van der Waals surface area contributed by atoms with Crippen molar-refractivity contribution in [3.63, 3.8) is 0 Å². The number of benzene rings is 2. The molecule has 2 aromatic rings. The predicted octanol–water partition coefficient (Wildman–Crippen LogP) is 2.47. The van der Waals surface area contributed by atoms with Gasteiger partial charge in [-0.15, -0.1) is 0 Å². The average Bonchev–Trinajstić information content (AvgIpc) is 2.52. The Morgan fingerprint density at radius 1 is 1.17 bits per heavy atom. The Hall–Kier alpha value is -3.15. The first-order chi connectivity index (χ1) is 11.0. The van der Waals surface area contributed by atoms with Crippen molar-refractivity contribution in [3.05, 3.63) is 47.0 Å². The van der Waals surface area contributed by atoms with E-state index in [1.807, 2.05) is 0 Å². The van der Waals surface area contributed by atoms with Gasteiger partial charge in [0.15, 0.2) is 17.3 Å². The van der Waals surface area contributed by atoms with Gasteiger partial charge in [0.2, 0.25) is 5.75 Å². The minimum absolute atomic E-state index is 0.0118. The van der Waals surface area contributed by atoms with E-state index in [1.165, 1.54) is 25.3 Å². The normalized spacial score (nSPS) is 15.2. The Bertz CT molecular complexity index is 805. The van der Waals surface area contributed by atoms with Crippen LogP contribution in [0.15, 0.2) is 35.9 Å². The second-order valence-corrected chi connectivity index (χ2v) is 5.03. The van der Waals surface area contributed by atoms with Gasteiger partial charge >= 0.3 is 0 Å². The first-order valence-corrected chi connectivity index (χ1v) is 6.81. The van der Waals surface area contributed by atoms with Crippen LogP contribution >= 0.6 is 0 Å². The second-order valence-electron chi connectivity index (χ2n) is 5.03. The van der Waals surface area contributed by atoms with E-state index in [1.54, 1.807) is 18.2 Å². The number of Topliss-reactive ketones (excluding diaryl/α,β-unsaturated/α-hetero) is 1. The topological polar surface area (TPSA) is 96.2 Å². The van der Waals surface area contributed by atoms with Crippen LogP contribution in [0, 0.1) is 0 Å². The third kappa shape index (κ3) is 2.55. The van der Waals surface area contributed by atoms with Gasteiger partial charge < -0.3 is 24.8 Å². The molecule has 0 aliphatic carbocycles. The SMILES string of the molecule is COc1c(O)cc2c(c1O)C(=O)/C(=C/c1ccc(O)cc1)CO2. The number of aromatic hydroxyl groups is 3. The molecule has 0 aromatic heterocycles. The van der Waals surface area contributed by atoms with Gasteiger partial charge in [-0.05, 0) is 23.8 Å². The zero-order valence-corrected chi connectivity index (χ0v) is 12.2. The molecular formula is C17H14O6. The maximum atomic E-state index is 12.6. The first-order valence-electron chi connectivity index (χ1n) is 6.81. The number of methoxy groups -OCH3 is 1. The molecule has 0 spiro atoms. The van der Waals surface area contributed by atoms with Gasteiger partial charge in [-0.3, -0.25) is 4.79 Å². The number of phenolic OH excluding ortho intramolecular Hbond substituents is 3. The van der Waals surface area contributed by atoms with Gasteiger partial charge in [-0.25, -0.2) is 0 Å². The van der Waals surface area contributed by atoms with Crippen LogP contribution in [-0.4, -0.2) is 34.8 Å². The van der Waals surface area contributed by atoms with E-state index in [2.05, 4.69) is 0 Å². The molecule has 0 unspecified atom stereocenters. The fourth-order valence-corrected chi connectivity index (χ4v) is 2.41. The summed E-state index contributed by atoms with van der Waals surface area (Å²) in [4.78, 5) is 12.6. The summed E-state index contributed by atoms with van der Waals surface area (Å²) in [7, 11) is 1.28. The second kappa shape index (κ2) is 5.57. The molecule has 0 amide bonds. The summed E-state index contributed by atoms with van der Waals surface area (Å²) < 4.78 is 10.4. The Morgan fingerprint density at radius 3 is 2.52 bits per heavy atom. The number of ether oxygens (including phenoxy) is 2. The molecule has 2 aromatic carbocycles. The predicted molar refractivity (Wildman–Crippen MR) is 82.2 cm³/mol. The molecule has 6 heteroatoms. The van der Waals surface area contributed by atoms with E-state index >= 15 is 0 Å². The highest BCUT2D eigenvalue weighted by Gasteiger charge is 2.30. The standard InChI is InChI=1S/C17H14O6/c1-22-17-12(19)7-13-14(16(17)21)15(20)10(8-23-13)6-9-2-4-11(18)5-3-9/h2-7,18-19,21H,8H2,1H3/b10-6+. The lowest BCUT2D eigenvalue weighted by Crippen LogP contribution is -2.19. The molecule has 1 aliphatic heterocycles. The third-order valence-electron chi connectivity index (χ3n) is 3.54. The van der Waals surface area contributed by atoms with Crippen LogP contribution in [0.3, 0.4) is 0 Å². The number of ketones is 1. The average molecular weight is 314 g/mol. The minimum Gasteiger partial charge on any atom is -0.508 e. The Balaban J connectivity index is 2.05. The summed E-state index contributed by atoms with van der Waals surface area (Å²) >= 11 is 0. The van der Waals surface area contributed by atoms with Crippen LogP contribution in [0.1, 0.15) is 15.9 Å². The monoisotopic (exact) mass is 314 g/mol. The van der Waals surface area contributed by atoms with Crippen molar-refractivity contribution in [1.82, 2.24) is 0 Å². The molecule has 118 valence electrons. The quantitative estimate of drug-likeness (QED) is 0.737. The van der Waals surface area contributed by atoms with Crippen LogP contribution in [0.5, 0.6) is 28.7 Å². The molecule has 0 fully saturated rings. The highest BCUT2D eigenvalue weighted by atomic mass is 16.5. The van der Waals surface area contributed by atoms with Crippen molar-refractivity contribution in [2.24, 2.45) is 0 Å².